The molecule has 3 aromatic rings. The zero-order valence-corrected chi connectivity index (χ0v) is 13.6. The lowest BCUT2D eigenvalue weighted by Crippen LogP contribution is -1.96. The number of fused-ring (bicyclic) bond motifs is 1. The van der Waals surface area contributed by atoms with E-state index in [2.05, 4.69) is 31.0 Å². The third kappa shape index (κ3) is 2.99. The molecule has 0 aliphatic carbocycles. The molecular weight excluding hydrogens is 300 g/mol. The summed E-state index contributed by atoms with van der Waals surface area (Å²) in [4.78, 5) is 4.45. The molecule has 0 aliphatic heterocycles. The monoisotopic (exact) mass is 316 g/mol. The summed E-state index contributed by atoms with van der Waals surface area (Å²) >= 11 is 1.45. The van der Waals surface area contributed by atoms with Gasteiger partial charge in [0, 0.05) is 5.69 Å². The van der Waals surface area contributed by atoms with E-state index < -0.39 is 10.8 Å². The molecule has 3 rings (SSSR count). The minimum absolute atomic E-state index is 0.496. The fourth-order valence-corrected chi connectivity index (χ4v) is 4.49. The van der Waals surface area contributed by atoms with Crippen LogP contribution < -0.4 is 5.73 Å². The Kier molecular flexibility index (Phi) is 3.78. The Balaban J connectivity index is 1.87. The molecule has 0 spiro atoms. The molecule has 1 aromatic heterocycles. The molecule has 0 fully saturated rings. The number of nitrogens with two attached hydrogens (primary N) is 1. The Morgan fingerprint density at radius 1 is 1.14 bits per heavy atom. The van der Waals surface area contributed by atoms with E-state index in [1.165, 1.54) is 22.5 Å². The van der Waals surface area contributed by atoms with Crippen molar-refractivity contribution in [1.82, 2.24) is 4.98 Å². The Morgan fingerprint density at radius 3 is 2.71 bits per heavy atom. The lowest BCUT2D eigenvalue weighted by molar-refractivity contribution is 0.682. The molecule has 0 radical (unpaired) electrons. The van der Waals surface area contributed by atoms with E-state index in [0.717, 1.165) is 15.8 Å². The second kappa shape index (κ2) is 5.58. The van der Waals surface area contributed by atoms with Crippen molar-refractivity contribution in [1.29, 1.82) is 0 Å². The topological polar surface area (TPSA) is 56.0 Å². The van der Waals surface area contributed by atoms with Crippen molar-refractivity contribution < 1.29 is 4.21 Å². The highest BCUT2D eigenvalue weighted by atomic mass is 32.2. The van der Waals surface area contributed by atoms with Gasteiger partial charge in [-0.1, -0.05) is 18.2 Å². The predicted octanol–water partition coefficient (Wildman–Crippen LogP) is 3.80. The molecule has 2 aromatic carbocycles. The summed E-state index contributed by atoms with van der Waals surface area (Å²) in [5.41, 5.74) is 10.9. The third-order valence-electron chi connectivity index (χ3n) is 3.46. The lowest BCUT2D eigenvalue weighted by atomic mass is 10.1. The van der Waals surface area contributed by atoms with Crippen molar-refractivity contribution in [3.63, 3.8) is 0 Å². The molecule has 0 amide bonds. The van der Waals surface area contributed by atoms with E-state index in [4.69, 9.17) is 5.73 Å². The SMILES string of the molecule is Cc1ccc(CS(=O)c2nc3ccc(N)cc3s2)cc1C. The van der Waals surface area contributed by atoms with Gasteiger partial charge < -0.3 is 5.73 Å². The summed E-state index contributed by atoms with van der Waals surface area (Å²) in [5.74, 6) is 0.496. The van der Waals surface area contributed by atoms with Crippen molar-refractivity contribution in [2.24, 2.45) is 0 Å². The summed E-state index contributed by atoms with van der Waals surface area (Å²) in [6.07, 6.45) is 0. The maximum absolute atomic E-state index is 12.5. The highest BCUT2D eigenvalue weighted by Gasteiger charge is 2.12. The van der Waals surface area contributed by atoms with Crippen LogP contribution in [0.25, 0.3) is 10.2 Å². The van der Waals surface area contributed by atoms with Crippen molar-refractivity contribution in [3.8, 4) is 0 Å². The summed E-state index contributed by atoms with van der Waals surface area (Å²) < 4.78 is 14.1. The van der Waals surface area contributed by atoms with E-state index in [1.807, 2.05) is 24.3 Å². The molecule has 1 atom stereocenters. The standard InChI is InChI=1S/C16H16N2OS2/c1-10-3-4-12(7-11(10)2)9-21(19)16-18-14-6-5-13(17)8-15(14)20-16/h3-8H,9,17H2,1-2H3. The quantitative estimate of drug-likeness (QED) is 0.748. The number of thiazole rings is 1. The molecule has 0 saturated carbocycles. The number of benzene rings is 2. The first-order valence-corrected chi connectivity index (χ1v) is 8.77. The van der Waals surface area contributed by atoms with E-state index in [-0.39, 0.29) is 0 Å². The Labute approximate surface area is 130 Å². The van der Waals surface area contributed by atoms with Gasteiger partial charge in [0.05, 0.1) is 26.8 Å². The number of rotatable bonds is 3. The molecule has 5 heteroatoms. The van der Waals surface area contributed by atoms with Gasteiger partial charge >= 0.3 is 0 Å². The average molecular weight is 316 g/mol. The van der Waals surface area contributed by atoms with Crippen LogP contribution in [-0.2, 0) is 16.6 Å². The molecule has 1 heterocycles. The molecule has 0 bridgehead atoms. The van der Waals surface area contributed by atoms with Crippen molar-refractivity contribution in [3.05, 3.63) is 53.1 Å². The molecule has 3 nitrogen and oxygen atoms in total. The van der Waals surface area contributed by atoms with Gasteiger partial charge in [-0.25, -0.2) is 4.98 Å². The van der Waals surface area contributed by atoms with E-state index >= 15 is 0 Å². The van der Waals surface area contributed by atoms with E-state index in [0.29, 0.717) is 15.8 Å². The minimum Gasteiger partial charge on any atom is -0.399 e. The Morgan fingerprint density at radius 2 is 1.95 bits per heavy atom. The van der Waals surface area contributed by atoms with Crippen molar-refractivity contribution in [2.75, 3.05) is 5.73 Å². The van der Waals surface area contributed by atoms with Crippen LogP contribution in [0.1, 0.15) is 16.7 Å². The van der Waals surface area contributed by atoms with Crippen molar-refractivity contribution in [2.45, 2.75) is 23.9 Å². The van der Waals surface area contributed by atoms with Crippen LogP contribution in [0, 0.1) is 13.8 Å². The first kappa shape index (κ1) is 14.2. The van der Waals surface area contributed by atoms with Gasteiger partial charge in [-0.2, -0.15) is 0 Å². The predicted molar refractivity (Wildman–Crippen MR) is 90.1 cm³/mol. The van der Waals surface area contributed by atoms with Crippen LogP contribution in [0.5, 0.6) is 0 Å². The smallest absolute Gasteiger partial charge is 0.182 e. The highest BCUT2D eigenvalue weighted by Crippen LogP contribution is 2.27. The van der Waals surface area contributed by atoms with Crippen LogP contribution in [0.3, 0.4) is 0 Å². The molecule has 0 saturated heterocycles. The number of nitrogens with zero attached hydrogens (tertiary/aromatic N) is 1. The van der Waals surface area contributed by atoms with Crippen LogP contribution in [0.2, 0.25) is 0 Å². The Bertz CT molecular complexity index is 839. The third-order valence-corrected chi connectivity index (χ3v) is 6.15. The number of aromatic nitrogens is 1. The number of nitrogen functional groups attached to an aromatic ring is 1. The van der Waals surface area contributed by atoms with Gasteiger partial charge in [0.25, 0.3) is 0 Å². The van der Waals surface area contributed by atoms with Crippen molar-refractivity contribution >= 4 is 38.0 Å². The largest absolute Gasteiger partial charge is 0.399 e. The Hall–Kier alpha value is -1.72. The first-order valence-electron chi connectivity index (χ1n) is 6.63. The van der Waals surface area contributed by atoms with Gasteiger partial charge in [0.1, 0.15) is 0 Å². The van der Waals surface area contributed by atoms with Gasteiger partial charge in [-0.05, 0) is 48.7 Å². The van der Waals surface area contributed by atoms with Gasteiger partial charge in [0.15, 0.2) is 4.34 Å². The van der Waals surface area contributed by atoms with E-state index in [9.17, 15) is 4.21 Å². The maximum atomic E-state index is 12.5. The van der Waals surface area contributed by atoms with Gasteiger partial charge in [-0.3, -0.25) is 4.21 Å². The number of aryl methyl sites for hydroxylation is 2. The number of hydrogen-bond acceptors (Lipinski definition) is 4. The molecule has 0 aliphatic rings. The maximum Gasteiger partial charge on any atom is 0.182 e. The van der Waals surface area contributed by atoms with Crippen LogP contribution >= 0.6 is 11.3 Å². The fourth-order valence-electron chi connectivity index (χ4n) is 2.12. The molecule has 108 valence electrons. The van der Waals surface area contributed by atoms with Crippen LogP contribution in [-0.4, -0.2) is 9.19 Å². The fraction of sp³-hybridized carbons (Fsp3) is 0.188. The number of anilines is 1. The summed E-state index contributed by atoms with van der Waals surface area (Å²) in [6, 6.07) is 11.8. The molecule has 2 N–H and O–H groups in total. The zero-order valence-electron chi connectivity index (χ0n) is 11.9. The summed E-state index contributed by atoms with van der Waals surface area (Å²) in [7, 11) is -1.12. The number of hydrogen-bond donors (Lipinski definition) is 1. The average Bonchev–Trinajstić information content (AvgIpc) is 2.86. The highest BCUT2D eigenvalue weighted by molar-refractivity contribution is 7.86. The molecular formula is C16H16N2OS2. The minimum atomic E-state index is -1.12. The second-order valence-corrected chi connectivity index (χ2v) is 7.77. The molecule has 21 heavy (non-hydrogen) atoms. The summed E-state index contributed by atoms with van der Waals surface area (Å²) in [5, 5.41) is 0. The van der Waals surface area contributed by atoms with Gasteiger partial charge in [0.2, 0.25) is 0 Å². The second-order valence-electron chi connectivity index (χ2n) is 5.12. The first-order chi connectivity index (χ1) is 10.0. The normalized spacial score (nSPS) is 12.7. The summed E-state index contributed by atoms with van der Waals surface area (Å²) in [6.45, 7) is 4.15. The van der Waals surface area contributed by atoms with E-state index in [1.54, 1.807) is 0 Å². The lowest BCUT2D eigenvalue weighted by Gasteiger charge is -2.04. The van der Waals surface area contributed by atoms with Crippen LogP contribution in [0.4, 0.5) is 5.69 Å². The molecule has 1 unspecified atom stereocenters. The van der Waals surface area contributed by atoms with Crippen LogP contribution in [0.15, 0.2) is 40.7 Å². The van der Waals surface area contributed by atoms with Gasteiger partial charge in [-0.15, -0.1) is 11.3 Å². The zero-order chi connectivity index (χ0) is 15.0.